The van der Waals surface area contributed by atoms with E-state index in [1.165, 1.54) is 211 Å². The molecule has 13 nitrogen and oxygen atoms in total. The SMILES string of the molecule is CCOC(CCC12CC3CC(CC(C3)C1)C2)Oc1ccc(CC)cc1.CCc1ccc(O)cc1.CCc1ccc(O)cc1.CCc1ccc(O)cc1.CCc1ccc(O)cc1.CCc1ccc(OC(CCC2(C)CCCC2)OCCOC)cc1.CCc1ccc(OC(CCCC2CCCCC2)OCC(C)C)cc1.CCc1ccc(OC(CCCCC(C)(C)C)OC23CCCC(C2)C3)cc1. The Kier molecular flexibility index (Phi) is 50.3. The molecule has 0 spiro atoms. The molecule has 8 aromatic rings. The van der Waals surface area contributed by atoms with Crippen LogP contribution in [0.4, 0.5) is 0 Å². The normalized spacial score (nSPS) is 20.2. The molecule has 4 unspecified atom stereocenters. The van der Waals surface area contributed by atoms with Crippen LogP contribution in [-0.4, -0.2) is 84.7 Å². The number of phenols is 4. The summed E-state index contributed by atoms with van der Waals surface area (Å²) < 4.78 is 54.3. The molecule has 0 radical (unpaired) electrons. The van der Waals surface area contributed by atoms with Crippen molar-refractivity contribution < 1.29 is 63.1 Å². The molecule has 0 aromatic heterocycles. The molecule has 9 aliphatic rings. The monoisotopic (exact) mass is 1840 g/mol. The molecule has 9 saturated carbocycles. The van der Waals surface area contributed by atoms with Gasteiger partial charge < -0.3 is 63.1 Å². The summed E-state index contributed by atoms with van der Waals surface area (Å²) in [5.41, 5.74) is 12.0. The third kappa shape index (κ3) is 42.9. The van der Waals surface area contributed by atoms with E-state index in [4.69, 9.17) is 63.1 Å². The molecule has 0 heterocycles. The van der Waals surface area contributed by atoms with E-state index in [-0.39, 0.29) is 30.8 Å². The topological polar surface area (TPSA) is 164 Å². The lowest BCUT2D eigenvalue weighted by molar-refractivity contribution is -0.236. The van der Waals surface area contributed by atoms with Crippen LogP contribution in [-0.2, 0) is 75.1 Å². The first-order valence-electron chi connectivity index (χ1n) is 52.8. The van der Waals surface area contributed by atoms with Crippen molar-refractivity contribution in [2.45, 2.75) is 385 Å². The first-order valence-corrected chi connectivity index (χ1v) is 52.8. The standard InChI is InChI=1S/C24H38O2.C23H34O2.C22H36O2.C20H32O3.4C8H10O/c1-5-19-11-13-21(14-12-19)25-22(10-6-7-15-23(2,3)4)26-24-16-8-9-20(17-24)18-24;1-3-17-5-7-21(8-6-17)25-22(24-4-2)9-10-23-14-18-11-19(15-23)13-20(12-18)16-23;1-4-19-13-15-21(16-14-19)24-22(23-17-18(2)3)12-8-11-20-9-6-5-7-10-20;1-4-17-7-9-18(10-8-17)23-19(22-16-15-21-3)11-14-20(2)12-5-6-13-20;4*1-2-7-3-5-8(9)6-4-7/h11-14,20,22H,5-10,15-18H2,1-4H3;5-8,18-20,22H,3-4,9-16H2,1-2H3;13-16,18,20,22H,4-12,17H2,1-3H3;7-10,19H,4-6,11-16H2,1-3H3;4*3-6,9H,2H2,1H3. The van der Waals surface area contributed by atoms with Crippen LogP contribution in [0.5, 0.6) is 46.0 Å². The second-order valence-electron chi connectivity index (χ2n) is 41.5. The van der Waals surface area contributed by atoms with E-state index in [1.54, 1.807) is 55.6 Å². The van der Waals surface area contributed by atoms with Crippen LogP contribution in [0.1, 0.15) is 347 Å². The van der Waals surface area contributed by atoms with Gasteiger partial charge in [-0.1, -0.05) is 265 Å². The quantitative estimate of drug-likeness (QED) is 0.0212. The first-order chi connectivity index (χ1) is 64.7. The second-order valence-corrected chi connectivity index (χ2v) is 41.5. The highest BCUT2D eigenvalue weighted by Gasteiger charge is 2.51. The van der Waals surface area contributed by atoms with Crippen LogP contribution in [0.2, 0.25) is 0 Å². The summed E-state index contributed by atoms with van der Waals surface area (Å²) in [5, 5.41) is 35.4. The number of fused-ring (bicyclic) bond motifs is 2. The number of methoxy groups -OCH3 is 1. The van der Waals surface area contributed by atoms with Crippen LogP contribution in [0.15, 0.2) is 194 Å². The van der Waals surface area contributed by atoms with E-state index in [0.717, 1.165) is 149 Å². The maximum absolute atomic E-state index is 8.85. The molecule has 17 rings (SSSR count). The van der Waals surface area contributed by atoms with Crippen LogP contribution in [0, 0.1) is 51.8 Å². The highest BCUT2D eigenvalue weighted by molar-refractivity contribution is 5.32. The maximum Gasteiger partial charge on any atom is 0.200 e. The molecular formula is C121H180O13. The molecule has 8 aromatic carbocycles. The lowest BCUT2D eigenvalue weighted by Crippen LogP contribution is -2.52. The number of benzene rings is 8. The summed E-state index contributed by atoms with van der Waals surface area (Å²) in [4.78, 5) is 0. The highest BCUT2D eigenvalue weighted by atomic mass is 16.7. The molecule has 9 aliphatic carbocycles. The Labute approximate surface area is 813 Å². The Bertz CT molecular complexity index is 4090. The van der Waals surface area contributed by atoms with Gasteiger partial charge in [0, 0.05) is 39.4 Å². The van der Waals surface area contributed by atoms with Crippen molar-refractivity contribution in [1.82, 2.24) is 0 Å². The second kappa shape index (κ2) is 60.6. The van der Waals surface area contributed by atoms with Gasteiger partial charge in [0.05, 0.1) is 25.4 Å². The summed E-state index contributed by atoms with van der Waals surface area (Å²) in [7, 11) is 1.70. The van der Waals surface area contributed by atoms with Crippen molar-refractivity contribution in [3.63, 3.8) is 0 Å². The lowest BCUT2D eigenvalue weighted by Gasteiger charge is -2.57. The maximum atomic E-state index is 8.85. The van der Waals surface area contributed by atoms with Crippen LogP contribution < -0.4 is 18.9 Å². The fourth-order valence-electron chi connectivity index (χ4n) is 20.7. The Hall–Kier alpha value is -8.04. The predicted molar refractivity (Wildman–Crippen MR) is 556 cm³/mol. The van der Waals surface area contributed by atoms with E-state index >= 15 is 0 Å². The average Bonchev–Trinajstić information content (AvgIpc) is 0.862. The summed E-state index contributed by atoms with van der Waals surface area (Å²) in [6.07, 6.45) is 48.5. The van der Waals surface area contributed by atoms with Crippen molar-refractivity contribution in [3.05, 3.63) is 239 Å². The zero-order valence-electron chi connectivity index (χ0n) is 86.1. The summed E-state index contributed by atoms with van der Waals surface area (Å²) in [6.45, 7) is 35.6. The molecule has 6 bridgehead atoms. The number of aromatic hydroxyl groups is 4. The van der Waals surface area contributed by atoms with Crippen molar-refractivity contribution >= 4 is 0 Å². The van der Waals surface area contributed by atoms with Gasteiger partial charge in [-0.2, -0.15) is 0 Å². The highest BCUT2D eigenvalue weighted by Crippen LogP contribution is 2.62. The molecule has 9 fully saturated rings. The van der Waals surface area contributed by atoms with E-state index < -0.39 is 0 Å². The Morgan fingerprint density at radius 1 is 0.351 bits per heavy atom. The van der Waals surface area contributed by atoms with Crippen molar-refractivity contribution in [1.29, 1.82) is 0 Å². The van der Waals surface area contributed by atoms with E-state index in [1.807, 2.05) is 60.7 Å². The number of rotatable bonds is 41. The summed E-state index contributed by atoms with van der Waals surface area (Å²) in [6, 6.07) is 62.9. The van der Waals surface area contributed by atoms with Gasteiger partial charge in [0.1, 0.15) is 46.0 Å². The molecule has 0 amide bonds. The molecule has 13 heteroatoms. The molecule has 4 atom stereocenters. The minimum Gasteiger partial charge on any atom is -0.508 e. The summed E-state index contributed by atoms with van der Waals surface area (Å²) in [5.74, 6) is 10.5. The van der Waals surface area contributed by atoms with Gasteiger partial charge in [0.2, 0.25) is 0 Å². The van der Waals surface area contributed by atoms with Crippen LogP contribution >= 0.6 is 0 Å². The van der Waals surface area contributed by atoms with Gasteiger partial charge in [-0.3, -0.25) is 0 Å². The smallest absolute Gasteiger partial charge is 0.200 e. The van der Waals surface area contributed by atoms with Gasteiger partial charge in [0.25, 0.3) is 0 Å². The Morgan fingerprint density at radius 2 is 0.701 bits per heavy atom. The van der Waals surface area contributed by atoms with E-state index in [0.29, 0.717) is 58.4 Å². The van der Waals surface area contributed by atoms with Crippen molar-refractivity contribution in [2.75, 3.05) is 33.5 Å². The Morgan fingerprint density at radius 3 is 1.04 bits per heavy atom. The van der Waals surface area contributed by atoms with Crippen molar-refractivity contribution in [3.8, 4) is 46.0 Å². The van der Waals surface area contributed by atoms with Gasteiger partial charge >= 0.3 is 0 Å². The third-order valence-corrected chi connectivity index (χ3v) is 28.5. The molecular weight excluding hydrogens is 1660 g/mol. The number of aryl methyl sites for hydroxylation is 8. The number of hydrogen-bond acceptors (Lipinski definition) is 13. The van der Waals surface area contributed by atoms with Gasteiger partial charge in [-0.05, 0) is 354 Å². The number of hydrogen-bond donors (Lipinski definition) is 4. The number of unbranched alkanes of at least 4 members (excludes halogenated alkanes) is 1. The lowest BCUT2D eigenvalue weighted by atomic mass is 9.48. The van der Waals surface area contributed by atoms with E-state index in [9.17, 15) is 0 Å². The zero-order chi connectivity index (χ0) is 96.4. The first kappa shape index (κ1) is 111. The van der Waals surface area contributed by atoms with Gasteiger partial charge in [0.15, 0.2) is 25.2 Å². The molecule has 4 N–H and O–H groups in total. The zero-order valence-corrected chi connectivity index (χ0v) is 86.1. The minimum absolute atomic E-state index is 0.0921. The van der Waals surface area contributed by atoms with Gasteiger partial charge in [-0.25, -0.2) is 0 Å². The summed E-state index contributed by atoms with van der Waals surface area (Å²) >= 11 is 0. The molecule has 0 saturated heterocycles. The predicted octanol–water partition coefficient (Wildman–Crippen LogP) is 32.1. The minimum atomic E-state index is -0.185. The fourth-order valence-corrected chi connectivity index (χ4v) is 20.7. The fraction of sp³-hybridized carbons (Fsp3) is 0.603. The number of phenolic OH excluding ortho intramolecular Hbond substituents is 4. The van der Waals surface area contributed by atoms with Crippen LogP contribution in [0.3, 0.4) is 0 Å². The molecule has 134 heavy (non-hydrogen) atoms. The molecule has 742 valence electrons. The molecule has 0 aliphatic heterocycles. The Balaban J connectivity index is 0.000000195. The largest absolute Gasteiger partial charge is 0.508 e. The number of ether oxygens (including phenoxy) is 9. The van der Waals surface area contributed by atoms with E-state index in [2.05, 4.69) is 189 Å². The third-order valence-electron chi connectivity index (χ3n) is 28.5. The van der Waals surface area contributed by atoms with Crippen LogP contribution in [0.25, 0.3) is 0 Å². The van der Waals surface area contributed by atoms with Gasteiger partial charge in [-0.15, -0.1) is 0 Å². The average molecular weight is 1840 g/mol. The van der Waals surface area contributed by atoms with Crippen molar-refractivity contribution in [2.24, 2.45) is 51.8 Å².